The van der Waals surface area contributed by atoms with E-state index in [9.17, 15) is 10.2 Å². The molecule has 0 heterocycles. The number of hydrogen-bond donors (Lipinski definition) is 0. The molecule has 0 saturated heterocycles. The number of rotatable bonds is 4. The van der Waals surface area contributed by atoms with Crippen LogP contribution in [0, 0.1) is 0 Å². The molecule has 0 aliphatic carbocycles. The Morgan fingerprint density at radius 3 is 1.25 bits per heavy atom. The fourth-order valence-corrected chi connectivity index (χ4v) is 3.86. The summed E-state index contributed by atoms with van der Waals surface area (Å²) in [5.41, 5.74) is 4.01. The zero-order valence-corrected chi connectivity index (χ0v) is 18.2. The van der Waals surface area contributed by atoms with Crippen LogP contribution in [-0.2, 0) is 0 Å². The third-order valence-corrected chi connectivity index (χ3v) is 5.40. The second-order valence-electron chi connectivity index (χ2n) is 6.16. The van der Waals surface area contributed by atoms with E-state index in [0.717, 1.165) is 22.3 Å². The van der Waals surface area contributed by atoms with Gasteiger partial charge in [-0.15, -0.1) is 0 Å². The first-order valence-corrected chi connectivity index (χ1v) is 9.43. The summed E-state index contributed by atoms with van der Waals surface area (Å²) in [6.45, 7) is 0. The third kappa shape index (κ3) is 4.73. The second kappa shape index (κ2) is 9.53. The first kappa shape index (κ1) is 20.8. The first-order chi connectivity index (χ1) is 13.2. The van der Waals surface area contributed by atoms with E-state index < -0.39 is 0 Å². The fourth-order valence-electron chi connectivity index (χ4n) is 2.91. The molecular formula is C24H16CaO2S. The Bertz CT molecular complexity index is 979. The van der Waals surface area contributed by atoms with Crippen LogP contribution in [-0.4, -0.2) is 37.7 Å². The molecule has 0 saturated carbocycles. The van der Waals surface area contributed by atoms with E-state index in [1.807, 2.05) is 84.9 Å². The van der Waals surface area contributed by atoms with Gasteiger partial charge in [-0.2, -0.15) is 0 Å². The normalized spacial score (nSPS) is 10.3. The van der Waals surface area contributed by atoms with Crippen LogP contribution in [0.3, 0.4) is 0 Å². The average molecular weight is 409 g/mol. The van der Waals surface area contributed by atoms with Gasteiger partial charge in [-0.3, -0.25) is 0 Å². The third-order valence-electron chi connectivity index (χ3n) is 4.32. The molecule has 4 aromatic carbocycles. The zero-order chi connectivity index (χ0) is 18.6. The summed E-state index contributed by atoms with van der Waals surface area (Å²) in [5, 5.41) is 24.7. The summed E-state index contributed by atoms with van der Waals surface area (Å²) in [6, 6.07) is 30.3. The molecule has 0 unspecified atom stereocenters. The molecule has 28 heavy (non-hydrogen) atoms. The SMILES string of the molecule is [Ca+2].[O-]c1ccc(-c2ccccc2)cc1Sc1cc(-c2ccccc2)ccc1[O-]. The average Bonchev–Trinajstić information content (AvgIpc) is 2.72. The predicted molar refractivity (Wildman–Crippen MR) is 113 cm³/mol. The van der Waals surface area contributed by atoms with Crippen molar-refractivity contribution >= 4 is 49.5 Å². The molecule has 4 rings (SSSR count). The maximum absolute atomic E-state index is 12.4. The van der Waals surface area contributed by atoms with Gasteiger partial charge >= 0.3 is 37.7 Å². The van der Waals surface area contributed by atoms with E-state index in [1.165, 1.54) is 11.8 Å². The molecule has 4 aromatic rings. The van der Waals surface area contributed by atoms with Crippen molar-refractivity contribution < 1.29 is 10.2 Å². The number of benzene rings is 4. The van der Waals surface area contributed by atoms with Gasteiger partial charge in [0.25, 0.3) is 0 Å². The summed E-state index contributed by atoms with van der Waals surface area (Å²) in [7, 11) is 0. The van der Waals surface area contributed by atoms with Crippen molar-refractivity contribution in [1.82, 2.24) is 0 Å². The van der Waals surface area contributed by atoms with Gasteiger partial charge in [0, 0.05) is 9.79 Å². The first-order valence-electron chi connectivity index (χ1n) is 8.61. The Balaban J connectivity index is 0.00000225. The van der Waals surface area contributed by atoms with E-state index in [4.69, 9.17) is 0 Å². The Morgan fingerprint density at radius 2 is 0.857 bits per heavy atom. The van der Waals surface area contributed by atoms with E-state index in [-0.39, 0.29) is 49.2 Å². The van der Waals surface area contributed by atoms with Crippen LogP contribution < -0.4 is 10.2 Å². The smallest absolute Gasteiger partial charge is 0.872 e. The second-order valence-corrected chi connectivity index (χ2v) is 7.24. The molecule has 0 aromatic heterocycles. The minimum Gasteiger partial charge on any atom is -0.872 e. The van der Waals surface area contributed by atoms with Crippen LogP contribution in [0.25, 0.3) is 22.3 Å². The molecule has 0 fully saturated rings. The van der Waals surface area contributed by atoms with Gasteiger partial charge in [0.1, 0.15) is 0 Å². The molecule has 0 aliphatic rings. The van der Waals surface area contributed by atoms with Gasteiger partial charge in [-0.25, -0.2) is 0 Å². The Labute approximate surface area is 198 Å². The van der Waals surface area contributed by atoms with Gasteiger partial charge in [-0.05, 0) is 34.4 Å². The molecule has 132 valence electrons. The van der Waals surface area contributed by atoms with Crippen LogP contribution in [0.1, 0.15) is 0 Å². The minimum absolute atomic E-state index is 0. The quantitative estimate of drug-likeness (QED) is 0.450. The molecule has 0 N–H and O–H groups in total. The Hall–Kier alpha value is -1.91. The number of hydrogen-bond acceptors (Lipinski definition) is 3. The van der Waals surface area contributed by atoms with E-state index in [1.54, 1.807) is 12.1 Å². The summed E-state index contributed by atoms with van der Waals surface area (Å²) >= 11 is 1.23. The van der Waals surface area contributed by atoms with Crippen LogP contribution in [0.15, 0.2) is 107 Å². The maximum atomic E-state index is 12.4. The monoisotopic (exact) mass is 408 g/mol. The van der Waals surface area contributed by atoms with Crippen molar-refractivity contribution in [2.45, 2.75) is 9.79 Å². The van der Waals surface area contributed by atoms with Gasteiger partial charge in [0.2, 0.25) is 0 Å². The molecule has 2 nitrogen and oxygen atoms in total. The summed E-state index contributed by atoms with van der Waals surface area (Å²) in [4.78, 5) is 1.11. The van der Waals surface area contributed by atoms with Crippen LogP contribution in [0.4, 0.5) is 0 Å². The van der Waals surface area contributed by atoms with Crippen LogP contribution in [0.2, 0.25) is 0 Å². The summed E-state index contributed by atoms with van der Waals surface area (Å²) < 4.78 is 0. The summed E-state index contributed by atoms with van der Waals surface area (Å²) in [5.74, 6) is -0.159. The van der Waals surface area contributed by atoms with Crippen molar-refractivity contribution in [2.24, 2.45) is 0 Å². The Morgan fingerprint density at radius 1 is 0.464 bits per heavy atom. The predicted octanol–water partition coefficient (Wildman–Crippen LogP) is 4.94. The van der Waals surface area contributed by atoms with E-state index >= 15 is 0 Å². The molecule has 4 heteroatoms. The summed E-state index contributed by atoms with van der Waals surface area (Å²) in [6.07, 6.45) is 0. The fraction of sp³-hybridized carbons (Fsp3) is 0. The zero-order valence-electron chi connectivity index (χ0n) is 15.2. The molecule has 0 aliphatic heterocycles. The van der Waals surface area contributed by atoms with Gasteiger partial charge in [0.15, 0.2) is 0 Å². The minimum atomic E-state index is -0.0794. The van der Waals surface area contributed by atoms with Crippen LogP contribution >= 0.6 is 11.8 Å². The molecule has 0 atom stereocenters. The van der Waals surface area contributed by atoms with Crippen molar-refractivity contribution in [2.75, 3.05) is 0 Å². The van der Waals surface area contributed by atoms with E-state index in [0.29, 0.717) is 9.79 Å². The van der Waals surface area contributed by atoms with Gasteiger partial charge < -0.3 is 10.2 Å². The maximum Gasteiger partial charge on any atom is 2.00 e. The topological polar surface area (TPSA) is 46.1 Å². The van der Waals surface area contributed by atoms with Crippen molar-refractivity contribution in [3.63, 3.8) is 0 Å². The van der Waals surface area contributed by atoms with Crippen molar-refractivity contribution in [3.05, 3.63) is 97.1 Å². The van der Waals surface area contributed by atoms with Gasteiger partial charge in [-0.1, -0.05) is 108 Å². The largest absolute Gasteiger partial charge is 2.00 e. The van der Waals surface area contributed by atoms with E-state index in [2.05, 4.69) is 0 Å². The van der Waals surface area contributed by atoms with Gasteiger partial charge in [0.05, 0.1) is 0 Å². The molecule has 0 spiro atoms. The van der Waals surface area contributed by atoms with Crippen molar-refractivity contribution in [1.29, 1.82) is 0 Å². The molecule has 0 amide bonds. The molecule has 0 radical (unpaired) electrons. The standard InChI is InChI=1S/C24H18O2S.Ca/c25-21-13-11-19(17-7-3-1-4-8-17)15-23(21)27-24-16-20(12-14-22(24)26)18-9-5-2-6-10-18;/h1-16,25-26H;/q;+2/p-2. The Kier molecular flexibility index (Phi) is 7.08. The van der Waals surface area contributed by atoms with Crippen LogP contribution in [0.5, 0.6) is 11.5 Å². The molecular weight excluding hydrogens is 392 g/mol. The molecule has 0 bridgehead atoms. The van der Waals surface area contributed by atoms with Crippen molar-refractivity contribution in [3.8, 4) is 33.8 Å².